The SMILES string of the molecule is CCCCNC(=O)N1CCN(c2ccc(CC)cc2)CC1. The number of urea groups is 1. The van der Waals surface area contributed by atoms with Gasteiger partial charge < -0.3 is 15.1 Å². The van der Waals surface area contributed by atoms with Crippen molar-refractivity contribution in [2.24, 2.45) is 0 Å². The molecule has 2 amide bonds. The minimum absolute atomic E-state index is 0.0874. The summed E-state index contributed by atoms with van der Waals surface area (Å²) >= 11 is 0. The van der Waals surface area contributed by atoms with E-state index >= 15 is 0 Å². The summed E-state index contributed by atoms with van der Waals surface area (Å²) in [6.07, 6.45) is 3.24. The fourth-order valence-corrected chi connectivity index (χ4v) is 2.59. The van der Waals surface area contributed by atoms with Gasteiger partial charge in [-0.3, -0.25) is 0 Å². The van der Waals surface area contributed by atoms with Crippen LogP contribution in [-0.4, -0.2) is 43.7 Å². The molecule has 1 heterocycles. The van der Waals surface area contributed by atoms with E-state index in [-0.39, 0.29) is 6.03 Å². The van der Waals surface area contributed by atoms with Gasteiger partial charge in [-0.1, -0.05) is 32.4 Å². The monoisotopic (exact) mass is 289 g/mol. The highest BCUT2D eigenvalue weighted by atomic mass is 16.2. The molecule has 2 rings (SSSR count). The van der Waals surface area contributed by atoms with Gasteiger partial charge >= 0.3 is 6.03 Å². The Labute approximate surface area is 128 Å². The second-order valence-electron chi connectivity index (χ2n) is 5.58. The van der Waals surface area contributed by atoms with Crippen LogP contribution in [0.1, 0.15) is 32.3 Å². The first-order valence-electron chi connectivity index (χ1n) is 8.11. The molecule has 1 aromatic carbocycles. The summed E-state index contributed by atoms with van der Waals surface area (Å²) < 4.78 is 0. The van der Waals surface area contributed by atoms with Gasteiger partial charge in [0.25, 0.3) is 0 Å². The Hall–Kier alpha value is -1.71. The van der Waals surface area contributed by atoms with Crippen molar-refractivity contribution in [1.29, 1.82) is 0 Å². The van der Waals surface area contributed by atoms with Crippen LogP contribution in [0.25, 0.3) is 0 Å². The molecule has 0 atom stereocenters. The lowest BCUT2D eigenvalue weighted by Gasteiger charge is -2.36. The van der Waals surface area contributed by atoms with Gasteiger partial charge in [-0.25, -0.2) is 4.79 Å². The Bertz CT molecular complexity index is 436. The van der Waals surface area contributed by atoms with Gasteiger partial charge in [0, 0.05) is 38.4 Å². The molecule has 116 valence electrons. The summed E-state index contributed by atoms with van der Waals surface area (Å²) in [5.74, 6) is 0. The number of carbonyl (C=O) groups excluding carboxylic acids is 1. The molecule has 1 saturated heterocycles. The van der Waals surface area contributed by atoms with E-state index in [2.05, 4.69) is 48.3 Å². The Kier molecular flexibility index (Phi) is 5.90. The Morgan fingerprint density at radius 3 is 2.33 bits per heavy atom. The van der Waals surface area contributed by atoms with Crippen molar-refractivity contribution in [1.82, 2.24) is 10.2 Å². The van der Waals surface area contributed by atoms with Gasteiger partial charge in [0.05, 0.1) is 0 Å². The predicted octanol–water partition coefficient (Wildman–Crippen LogP) is 2.88. The number of hydrogen-bond donors (Lipinski definition) is 1. The molecule has 1 N–H and O–H groups in total. The van der Waals surface area contributed by atoms with Crippen molar-refractivity contribution in [3.05, 3.63) is 29.8 Å². The zero-order valence-electron chi connectivity index (χ0n) is 13.3. The van der Waals surface area contributed by atoms with Crippen LogP contribution in [0.5, 0.6) is 0 Å². The topological polar surface area (TPSA) is 35.6 Å². The lowest BCUT2D eigenvalue weighted by molar-refractivity contribution is 0.194. The standard InChI is InChI=1S/C17H27N3O/c1-3-5-10-18-17(21)20-13-11-19(12-14-20)16-8-6-15(4-2)7-9-16/h6-9H,3-5,10-14H2,1-2H3,(H,18,21). The average molecular weight is 289 g/mol. The second kappa shape index (κ2) is 7.91. The minimum atomic E-state index is 0.0874. The number of hydrogen-bond acceptors (Lipinski definition) is 2. The lowest BCUT2D eigenvalue weighted by atomic mass is 10.1. The summed E-state index contributed by atoms with van der Waals surface area (Å²) in [5, 5.41) is 2.99. The number of rotatable bonds is 5. The van der Waals surface area contributed by atoms with Crippen molar-refractivity contribution in [3.8, 4) is 0 Å². The molecule has 4 heteroatoms. The summed E-state index contributed by atoms with van der Waals surface area (Å²) in [4.78, 5) is 16.3. The minimum Gasteiger partial charge on any atom is -0.368 e. The number of benzene rings is 1. The van der Waals surface area contributed by atoms with Gasteiger partial charge in [-0.05, 0) is 30.5 Å². The molecule has 0 radical (unpaired) electrons. The van der Waals surface area contributed by atoms with E-state index in [0.29, 0.717) is 0 Å². The number of piperazine rings is 1. The Morgan fingerprint density at radius 2 is 1.76 bits per heavy atom. The van der Waals surface area contributed by atoms with E-state index in [0.717, 1.165) is 52.0 Å². The van der Waals surface area contributed by atoms with E-state index in [1.54, 1.807) is 0 Å². The second-order valence-corrected chi connectivity index (χ2v) is 5.58. The molecule has 1 aromatic rings. The molecule has 4 nitrogen and oxygen atoms in total. The zero-order valence-corrected chi connectivity index (χ0v) is 13.3. The Balaban J connectivity index is 1.80. The first-order valence-corrected chi connectivity index (χ1v) is 8.11. The predicted molar refractivity (Wildman–Crippen MR) is 87.9 cm³/mol. The number of aryl methyl sites for hydroxylation is 1. The highest BCUT2D eigenvalue weighted by Crippen LogP contribution is 2.17. The molecule has 0 saturated carbocycles. The molecule has 0 aromatic heterocycles. The highest BCUT2D eigenvalue weighted by molar-refractivity contribution is 5.74. The molecule has 0 aliphatic carbocycles. The van der Waals surface area contributed by atoms with Gasteiger partial charge in [0.2, 0.25) is 0 Å². The maximum Gasteiger partial charge on any atom is 0.317 e. The first kappa shape index (κ1) is 15.7. The van der Waals surface area contributed by atoms with Crippen LogP contribution < -0.4 is 10.2 Å². The van der Waals surface area contributed by atoms with Gasteiger partial charge in [-0.15, -0.1) is 0 Å². The third-order valence-electron chi connectivity index (χ3n) is 4.08. The quantitative estimate of drug-likeness (QED) is 0.846. The lowest BCUT2D eigenvalue weighted by Crippen LogP contribution is -2.52. The fraction of sp³-hybridized carbons (Fsp3) is 0.588. The molecular formula is C17H27N3O. The summed E-state index contributed by atoms with van der Waals surface area (Å²) in [7, 11) is 0. The molecule has 1 fully saturated rings. The Morgan fingerprint density at radius 1 is 1.10 bits per heavy atom. The van der Waals surface area contributed by atoms with Gasteiger partial charge in [0.1, 0.15) is 0 Å². The van der Waals surface area contributed by atoms with Crippen molar-refractivity contribution in [2.75, 3.05) is 37.6 Å². The highest BCUT2D eigenvalue weighted by Gasteiger charge is 2.20. The van der Waals surface area contributed by atoms with Gasteiger partial charge in [0.15, 0.2) is 0 Å². The van der Waals surface area contributed by atoms with Crippen LogP contribution in [0.2, 0.25) is 0 Å². The maximum atomic E-state index is 12.0. The van der Waals surface area contributed by atoms with Crippen molar-refractivity contribution < 1.29 is 4.79 Å². The number of nitrogens with one attached hydrogen (secondary N) is 1. The number of amides is 2. The third-order valence-corrected chi connectivity index (χ3v) is 4.08. The van der Waals surface area contributed by atoms with Crippen molar-refractivity contribution >= 4 is 11.7 Å². The zero-order chi connectivity index (χ0) is 15.1. The van der Waals surface area contributed by atoms with Crippen LogP contribution in [0.15, 0.2) is 24.3 Å². The molecule has 0 unspecified atom stereocenters. The van der Waals surface area contributed by atoms with Crippen molar-refractivity contribution in [3.63, 3.8) is 0 Å². The summed E-state index contributed by atoms with van der Waals surface area (Å²) in [6.45, 7) is 8.51. The summed E-state index contributed by atoms with van der Waals surface area (Å²) in [5.41, 5.74) is 2.63. The van der Waals surface area contributed by atoms with Crippen LogP contribution in [0, 0.1) is 0 Å². The van der Waals surface area contributed by atoms with E-state index in [1.165, 1.54) is 11.3 Å². The normalized spacial score (nSPS) is 15.1. The molecule has 0 spiro atoms. The largest absolute Gasteiger partial charge is 0.368 e. The smallest absolute Gasteiger partial charge is 0.317 e. The van der Waals surface area contributed by atoms with Crippen LogP contribution in [-0.2, 0) is 6.42 Å². The molecule has 0 bridgehead atoms. The van der Waals surface area contributed by atoms with Gasteiger partial charge in [-0.2, -0.15) is 0 Å². The maximum absolute atomic E-state index is 12.0. The third kappa shape index (κ3) is 4.38. The van der Waals surface area contributed by atoms with E-state index in [9.17, 15) is 4.79 Å². The number of unbranched alkanes of at least 4 members (excludes halogenated alkanes) is 1. The van der Waals surface area contributed by atoms with Crippen LogP contribution in [0.3, 0.4) is 0 Å². The van der Waals surface area contributed by atoms with Crippen LogP contribution >= 0.6 is 0 Å². The van der Waals surface area contributed by atoms with E-state index < -0.39 is 0 Å². The molecule has 1 aliphatic heterocycles. The van der Waals surface area contributed by atoms with E-state index in [1.807, 2.05) is 4.90 Å². The molecule has 21 heavy (non-hydrogen) atoms. The molecular weight excluding hydrogens is 262 g/mol. The average Bonchev–Trinajstić information content (AvgIpc) is 2.55. The molecule has 1 aliphatic rings. The fourth-order valence-electron chi connectivity index (χ4n) is 2.59. The summed E-state index contributed by atoms with van der Waals surface area (Å²) in [6, 6.07) is 8.86. The first-order chi connectivity index (χ1) is 10.2. The number of anilines is 1. The number of carbonyl (C=O) groups is 1. The number of nitrogens with zero attached hydrogens (tertiary/aromatic N) is 2. The van der Waals surface area contributed by atoms with Crippen molar-refractivity contribution in [2.45, 2.75) is 33.1 Å². The van der Waals surface area contributed by atoms with Crippen LogP contribution in [0.4, 0.5) is 10.5 Å². The van der Waals surface area contributed by atoms with E-state index in [4.69, 9.17) is 0 Å².